The first-order valence-electron chi connectivity index (χ1n) is 10.4. The summed E-state index contributed by atoms with van der Waals surface area (Å²) in [6, 6.07) is 13.2. The maximum Gasteiger partial charge on any atom is 0.343 e. The van der Waals surface area contributed by atoms with Crippen molar-refractivity contribution >= 4 is 11.9 Å². The van der Waals surface area contributed by atoms with E-state index in [1.54, 1.807) is 48.5 Å². The second-order valence-electron chi connectivity index (χ2n) is 7.18. The van der Waals surface area contributed by atoms with Crippen molar-refractivity contribution in [1.82, 2.24) is 0 Å². The molecule has 2 aromatic carbocycles. The lowest BCUT2D eigenvalue weighted by Gasteiger charge is -2.10. The van der Waals surface area contributed by atoms with E-state index in [1.807, 2.05) is 19.9 Å². The number of unbranched alkanes of at least 4 members (excludes halogenated alkanes) is 2. The maximum atomic E-state index is 12.3. The van der Waals surface area contributed by atoms with Gasteiger partial charge >= 0.3 is 11.9 Å². The Kier molecular flexibility index (Phi) is 9.65. The SMILES string of the molecule is C=CCCCCOc1ccc(C(=O)Oc2ccc(C(=O)OC[C@@H](C)CC)cc2)cc1. The predicted molar refractivity (Wildman–Crippen MR) is 117 cm³/mol. The minimum Gasteiger partial charge on any atom is -0.494 e. The van der Waals surface area contributed by atoms with Crippen LogP contribution in [0.4, 0.5) is 0 Å². The standard InChI is InChI=1S/C25H30O5/c1-4-6-7-8-17-28-22-13-9-21(10-14-22)25(27)30-23-15-11-20(12-16-23)24(26)29-18-19(3)5-2/h4,9-16,19H,1,5-8,17-18H2,2-3H3/t19-/m0/s1. The minimum atomic E-state index is -0.473. The third-order valence-corrected chi connectivity index (χ3v) is 4.66. The van der Waals surface area contributed by atoms with Crippen LogP contribution in [0.1, 0.15) is 60.2 Å². The van der Waals surface area contributed by atoms with Gasteiger partial charge in [0.1, 0.15) is 11.5 Å². The fourth-order valence-electron chi connectivity index (χ4n) is 2.51. The van der Waals surface area contributed by atoms with E-state index in [0.29, 0.717) is 41.8 Å². The maximum absolute atomic E-state index is 12.3. The summed E-state index contributed by atoms with van der Waals surface area (Å²) < 4.78 is 16.3. The van der Waals surface area contributed by atoms with Crippen molar-refractivity contribution in [2.45, 2.75) is 39.5 Å². The molecule has 0 saturated carbocycles. The molecule has 0 aromatic heterocycles. The Morgan fingerprint density at radius 1 is 0.933 bits per heavy atom. The van der Waals surface area contributed by atoms with E-state index in [4.69, 9.17) is 14.2 Å². The predicted octanol–water partition coefficient (Wildman–Crippen LogP) is 5.84. The van der Waals surface area contributed by atoms with Gasteiger partial charge in [-0.3, -0.25) is 0 Å². The highest BCUT2D eigenvalue weighted by atomic mass is 16.5. The molecule has 0 heterocycles. The molecule has 0 spiro atoms. The second-order valence-corrected chi connectivity index (χ2v) is 7.18. The van der Waals surface area contributed by atoms with Crippen LogP contribution in [0.25, 0.3) is 0 Å². The molecule has 2 aromatic rings. The first-order valence-corrected chi connectivity index (χ1v) is 10.4. The quantitative estimate of drug-likeness (QED) is 0.190. The zero-order valence-electron chi connectivity index (χ0n) is 17.8. The monoisotopic (exact) mass is 410 g/mol. The zero-order valence-corrected chi connectivity index (χ0v) is 17.8. The van der Waals surface area contributed by atoms with E-state index in [-0.39, 0.29) is 5.97 Å². The molecule has 0 saturated heterocycles. The van der Waals surface area contributed by atoms with Gasteiger partial charge in [0.05, 0.1) is 24.3 Å². The van der Waals surface area contributed by atoms with Crippen LogP contribution in [-0.4, -0.2) is 25.2 Å². The van der Waals surface area contributed by atoms with Gasteiger partial charge in [-0.1, -0.05) is 26.3 Å². The van der Waals surface area contributed by atoms with Crippen LogP contribution in [0, 0.1) is 5.92 Å². The highest BCUT2D eigenvalue weighted by Crippen LogP contribution is 2.18. The normalized spacial score (nSPS) is 11.4. The third kappa shape index (κ3) is 7.74. The number of allylic oxidation sites excluding steroid dienone is 1. The van der Waals surface area contributed by atoms with E-state index in [9.17, 15) is 9.59 Å². The summed E-state index contributed by atoms with van der Waals surface area (Å²) in [6.07, 6.45) is 5.83. The molecular weight excluding hydrogens is 380 g/mol. The summed E-state index contributed by atoms with van der Waals surface area (Å²) in [5.41, 5.74) is 0.846. The van der Waals surface area contributed by atoms with Crippen molar-refractivity contribution in [2.24, 2.45) is 5.92 Å². The molecule has 5 heteroatoms. The van der Waals surface area contributed by atoms with Crippen LogP contribution in [0.2, 0.25) is 0 Å². The number of ether oxygens (including phenoxy) is 3. The molecule has 0 unspecified atom stereocenters. The number of hydrogen-bond acceptors (Lipinski definition) is 5. The lowest BCUT2D eigenvalue weighted by molar-refractivity contribution is 0.0447. The minimum absolute atomic E-state index is 0.322. The van der Waals surface area contributed by atoms with Crippen LogP contribution in [0.15, 0.2) is 61.2 Å². The molecule has 0 aliphatic carbocycles. The average Bonchev–Trinajstić information content (AvgIpc) is 2.78. The first-order chi connectivity index (χ1) is 14.5. The summed E-state index contributed by atoms with van der Waals surface area (Å²) in [5, 5.41) is 0. The molecule has 0 aliphatic rings. The average molecular weight is 411 g/mol. The molecule has 0 radical (unpaired) electrons. The van der Waals surface area contributed by atoms with Crippen molar-refractivity contribution in [3.63, 3.8) is 0 Å². The number of esters is 2. The number of carbonyl (C=O) groups excluding carboxylic acids is 2. The van der Waals surface area contributed by atoms with Crippen molar-refractivity contribution in [3.05, 3.63) is 72.3 Å². The Bertz CT molecular complexity index is 808. The van der Waals surface area contributed by atoms with Gasteiger partial charge in [0.15, 0.2) is 0 Å². The first kappa shape index (κ1) is 23.2. The Morgan fingerprint density at radius 2 is 1.53 bits per heavy atom. The van der Waals surface area contributed by atoms with Gasteiger partial charge in [-0.2, -0.15) is 0 Å². The van der Waals surface area contributed by atoms with Crippen LogP contribution < -0.4 is 9.47 Å². The topological polar surface area (TPSA) is 61.8 Å². The Labute approximate surface area is 178 Å². The van der Waals surface area contributed by atoms with Crippen LogP contribution in [0.3, 0.4) is 0 Å². The third-order valence-electron chi connectivity index (χ3n) is 4.66. The summed E-state index contributed by atoms with van der Waals surface area (Å²) in [5.74, 6) is 0.544. The molecule has 0 bridgehead atoms. The van der Waals surface area contributed by atoms with Crippen LogP contribution >= 0.6 is 0 Å². The lowest BCUT2D eigenvalue weighted by Crippen LogP contribution is -2.12. The van der Waals surface area contributed by atoms with E-state index >= 15 is 0 Å². The fraction of sp³-hybridized carbons (Fsp3) is 0.360. The highest BCUT2D eigenvalue weighted by Gasteiger charge is 2.12. The second kappa shape index (κ2) is 12.5. The lowest BCUT2D eigenvalue weighted by atomic mass is 10.1. The smallest absolute Gasteiger partial charge is 0.343 e. The van der Waals surface area contributed by atoms with Crippen molar-refractivity contribution < 1.29 is 23.8 Å². The van der Waals surface area contributed by atoms with Crippen molar-refractivity contribution in [1.29, 1.82) is 0 Å². The van der Waals surface area contributed by atoms with E-state index in [1.165, 1.54) is 0 Å². The van der Waals surface area contributed by atoms with E-state index < -0.39 is 5.97 Å². The summed E-state index contributed by atoms with van der Waals surface area (Å²) in [7, 11) is 0. The number of benzene rings is 2. The Balaban J connectivity index is 1.83. The van der Waals surface area contributed by atoms with E-state index in [0.717, 1.165) is 25.7 Å². The molecule has 0 aliphatic heterocycles. The number of carbonyl (C=O) groups is 2. The molecule has 2 rings (SSSR count). The molecule has 160 valence electrons. The van der Waals surface area contributed by atoms with Crippen molar-refractivity contribution in [2.75, 3.05) is 13.2 Å². The molecular formula is C25H30O5. The zero-order chi connectivity index (χ0) is 21.8. The highest BCUT2D eigenvalue weighted by molar-refractivity contribution is 5.92. The fourth-order valence-corrected chi connectivity index (χ4v) is 2.51. The summed E-state index contributed by atoms with van der Waals surface area (Å²) >= 11 is 0. The van der Waals surface area contributed by atoms with Gasteiger partial charge in [0.25, 0.3) is 0 Å². The van der Waals surface area contributed by atoms with Gasteiger partial charge in [0.2, 0.25) is 0 Å². The largest absolute Gasteiger partial charge is 0.494 e. The molecule has 30 heavy (non-hydrogen) atoms. The molecule has 1 atom stereocenters. The summed E-state index contributed by atoms with van der Waals surface area (Å²) in [4.78, 5) is 24.4. The van der Waals surface area contributed by atoms with Crippen LogP contribution in [-0.2, 0) is 4.74 Å². The van der Waals surface area contributed by atoms with Gasteiger partial charge in [-0.05, 0) is 73.7 Å². The van der Waals surface area contributed by atoms with Gasteiger partial charge < -0.3 is 14.2 Å². The van der Waals surface area contributed by atoms with Gasteiger partial charge in [-0.25, -0.2) is 9.59 Å². The summed E-state index contributed by atoms with van der Waals surface area (Å²) in [6.45, 7) is 8.79. The molecule has 0 amide bonds. The molecule has 0 N–H and O–H groups in total. The number of hydrogen-bond donors (Lipinski definition) is 0. The number of rotatable bonds is 12. The van der Waals surface area contributed by atoms with Gasteiger partial charge in [0, 0.05) is 0 Å². The Morgan fingerprint density at radius 3 is 2.13 bits per heavy atom. The van der Waals surface area contributed by atoms with Crippen molar-refractivity contribution in [3.8, 4) is 11.5 Å². The van der Waals surface area contributed by atoms with E-state index in [2.05, 4.69) is 6.58 Å². The van der Waals surface area contributed by atoms with Crippen LogP contribution in [0.5, 0.6) is 11.5 Å². The molecule has 5 nitrogen and oxygen atoms in total. The Hall–Kier alpha value is -3.08. The molecule has 0 fully saturated rings. The van der Waals surface area contributed by atoms with Gasteiger partial charge in [-0.15, -0.1) is 6.58 Å².